The van der Waals surface area contributed by atoms with E-state index in [2.05, 4.69) is 4.90 Å². The lowest BCUT2D eigenvalue weighted by molar-refractivity contribution is -0.133. The molecular formula is C21H29N3O5. The number of carbonyl (C=O) groups excluding carboxylic acids is 2. The molecule has 1 aromatic carbocycles. The topological polar surface area (TPSA) is 71.6 Å². The minimum atomic E-state index is -0.267. The molecule has 1 aromatic rings. The summed E-state index contributed by atoms with van der Waals surface area (Å²) in [6.45, 7) is 7.05. The molecule has 8 nitrogen and oxygen atoms in total. The lowest BCUT2D eigenvalue weighted by Gasteiger charge is -2.35. The van der Waals surface area contributed by atoms with Crippen LogP contribution < -0.4 is 9.47 Å². The summed E-state index contributed by atoms with van der Waals surface area (Å²) in [5, 5.41) is 0. The van der Waals surface area contributed by atoms with Crippen molar-refractivity contribution in [3.05, 3.63) is 23.8 Å². The molecule has 0 saturated carbocycles. The maximum Gasteiger partial charge on any atom is 0.409 e. The van der Waals surface area contributed by atoms with Crippen molar-refractivity contribution in [3.8, 4) is 11.5 Å². The standard InChI is InChI=1S/C21H29N3O5/c1-2-27-21(26)23-10-8-22(9-11-23)15-20(25)24-7-3-4-17(24)16-5-6-18-19(14-16)29-13-12-28-18/h5-6,14,17H,2-4,7-13,15H2,1H3. The molecule has 4 rings (SSSR count). The van der Waals surface area contributed by atoms with E-state index in [1.165, 1.54) is 0 Å². The lowest BCUT2D eigenvalue weighted by atomic mass is 10.0. The van der Waals surface area contributed by atoms with E-state index in [0.29, 0.717) is 52.5 Å². The van der Waals surface area contributed by atoms with Crippen molar-refractivity contribution in [2.75, 3.05) is 59.1 Å². The fourth-order valence-electron chi connectivity index (χ4n) is 4.26. The van der Waals surface area contributed by atoms with E-state index >= 15 is 0 Å². The van der Waals surface area contributed by atoms with Gasteiger partial charge in [-0.05, 0) is 37.5 Å². The highest BCUT2D eigenvalue weighted by Crippen LogP contribution is 2.38. The van der Waals surface area contributed by atoms with E-state index in [1.807, 2.05) is 23.1 Å². The van der Waals surface area contributed by atoms with Crippen LogP contribution in [0.25, 0.3) is 0 Å². The quantitative estimate of drug-likeness (QED) is 0.765. The smallest absolute Gasteiger partial charge is 0.409 e. The van der Waals surface area contributed by atoms with Crippen molar-refractivity contribution < 1.29 is 23.8 Å². The van der Waals surface area contributed by atoms with Crippen LogP contribution in [-0.4, -0.2) is 85.8 Å². The van der Waals surface area contributed by atoms with Gasteiger partial charge in [0.1, 0.15) is 13.2 Å². The minimum absolute atomic E-state index is 0.0825. The number of hydrogen-bond donors (Lipinski definition) is 0. The number of nitrogens with zero attached hydrogens (tertiary/aromatic N) is 3. The third-order valence-corrected chi connectivity index (χ3v) is 5.78. The Morgan fingerprint density at radius 1 is 1.07 bits per heavy atom. The first kappa shape index (κ1) is 19.8. The molecule has 0 aliphatic carbocycles. The number of ether oxygens (including phenoxy) is 3. The van der Waals surface area contributed by atoms with Gasteiger partial charge in [0.05, 0.1) is 19.2 Å². The van der Waals surface area contributed by atoms with Crippen LogP contribution in [-0.2, 0) is 9.53 Å². The first-order chi connectivity index (χ1) is 14.2. The zero-order valence-corrected chi connectivity index (χ0v) is 17.0. The van der Waals surface area contributed by atoms with Gasteiger partial charge in [0.15, 0.2) is 11.5 Å². The molecule has 8 heteroatoms. The predicted molar refractivity (Wildman–Crippen MR) is 106 cm³/mol. The summed E-state index contributed by atoms with van der Waals surface area (Å²) < 4.78 is 16.4. The Labute approximate surface area is 171 Å². The first-order valence-corrected chi connectivity index (χ1v) is 10.5. The molecule has 3 heterocycles. The summed E-state index contributed by atoms with van der Waals surface area (Å²) in [5.41, 5.74) is 1.10. The highest BCUT2D eigenvalue weighted by Gasteiger charge is 2.32. The number of amides is 2. The molecule has 1 unspecified atom stereocenters. The summed E-state index contributed by atoms with van der Waals surface area (Å²) in [5.74, 6) is 1.69. The average Bonchev–Trinajstić information content (AvgIpc) is 3.24. The lowest BCUT2D eigenvalue weighted by Crippen LogP contribution is -2.51. The van der Waals surface area contributed by atoms with Crippen molar-refractivity contribution in [2.45, 2.75) is 25.8 Å². The number of rotatable bonds is 4. The Kier molecular flexibility index (Phi) is 6.08. The molecule has 2 saturated heterocycles. The molecule has 0 bridgehead atoms. The molecule has 158 valence electrons. The van der Waals surface area contributed by atoms with Crippen LogP contribution in [0.1, 0.15) is 31.4 Å². The Morgan fingerprint density at radius 2 is 1.83 bits per heavy atom. The highest BCUT2D eigenvalue weighted by atomic mass is 16.6. The van der Waals surface area contributed by atoms with Crippen LogP contribution in [0.5, 0.6) is 11.5 Å². The monoisotopic (exact) mass is 403 g/mol. The van der Waals surface area contributed by atoms with Crippen molar-refractivity contribution in [3.63, 3.8) is 0 Å². The fraction of sp³-hybridized carbons (Fsp3) is 0.619. The molecule has 0 aromatic heterocycles. The average molecular weight is 403 g/mol. The maximum absolute atomic E-state index is 13.0. The van der Waals surface area contributed by atoms with Gasteiger partial charge in [0, 0.05) is 32.7 Å². The van der Waals surface area contributed by atoms with E-state index in [-0.39, 0.29) is 18.0 Å². The van der Waals surface area contributed by atoms with Crippen LogP contribution in [0.15, 0.2) is 18.2 Å². The Balaban J connectivity index is 1.34. The third kappa shape index (κ3) is 4.42. The molecular weight excluding hydrogens is 374 g/mol. The summed E-state index contributed by atoms with van der Waals surface area (Å²) >= 11 is 0. The third-order valence-electron chi connectivity index (χ3n) is 5.78. The van der Waals surface area contributed by atoms with Gasteiger partial charge in [-0.25, -0.2) is 4.79 Å². The molecule has 0 N–H and O–H groups in total. The Hall–Kier alpha value is -2.48. The molecule has 29 heavy (non-hydrogen) atoms. The van der Waals surface area contributed by atoms with Crippen molar-refractivity contribution in [1.29, 1.82) is 0 Å². The summed E-state index contributed by atoms with van der Waals surface area (Å²) in [6, 6.07) is 6.09. The number of benzene rings is 1. The predicted octanol–water partition coefficient (Wildman–Crippen LogP) is 1.90. The van der Waals surface area contributed by atoms with E-state index in [1.54, 1.807) is 11.8 Å². The van der Waals surface area contributed by atoms with Crippen LogP contribution in [0.4, 0.5) is 4.79 Å². The number of piperazine rings is 1. The molecule has 0 radical (unpaired) electrons. The van der Waals surface area contributed by atoms with Gasteiger partial charge in [-0.2, -0.15) is 0 Å². The second-order valence-electron chi connectivity index (χ2n) is 7.61. The van der Waals surface area contributed by atoms with Crippen molar-refractivity contribution >= 4 is 12.0 Å². The van der Waals surface area contributed by atoms with Gasteiger partial charge in [-0.15, -0.1) is 0 Å². The van der Waals surface area contributed by atoms with E-state index in [0.717, 1.165) is 36.4 Å². The summed E-state index contributed by atoms with van der Waals surface area (Å²) in [4.78, 5) is 30.7. The van der Waals surface area contributed by atoms with Crippen molar-refractivity contribution in [1.82, 2.24) is 14.7 Å². The Bertz CT molecular complexity index is 748. The zero-order chi connectivity index (χ0) is 20.2. The largest absolute Gasteiger partial charge is 0.486 e. The molecule has 0 spiro atoms. The minimum Gasteiger partial charge on any atom is -0.486 e. The van der Waals surface area contributed by atoms with Crippen LogP contribution >= 0.6 is 0 Å². The highest BCUT2D eigenvalue weighted by molar-refractivity contribution is 5.79. The second-order valence-corrected chi connectivity index (χ2v) is 7.61. The van der Waals surface area contributed by atoms with Crippen LogP contribution in [0, 0.1) is 0 Å². The Morgan fingerprint density at radius 3 is 2.59 bits per heavy atom. The normalized spacial score (nSPS) is 21.9. The molecule has 2 fully saturated rings. The SMILES string of the molecule is CCOC(=O)N1CCN(CC(=O)N2CCCC2c2ccc3c(c2)OCCO3)CC1. The fourth-order valence-corrected chi connectivity index (χ4v) is 4.26. The number of carbonyl (C=O) groups is 2. The second kappa shape index (κ2) is 8.90. The number of fused-ring (bicyclic) bond motifs is 1. The van der Waals surface area contributed by atoms with E-state index < -0.39 is 0 Å². The van der Waals surface area contributed by atoms with Gasteiger partial charge >= 0.3 is 6.09 Å². The summed E-state index contributed by atoms with van der Waals surface area (Å²) in [7, 11) is 0. The number of likely N-dealkylation sites (tertiary alicyclic amines) is 1. The van der Waals surface area contributed by atoms with Gasteiger partial charge in [0.2, 0.25) is 5.91 Å². The van der Waals surface area contributed by atoms with Gasteiger partial charge in [-0.1, -0.05) is 6.07 Å². The van der Waals surface area contributed by atoms with Crippen LogP contribution in [0.2, 0.25) is 0 Å². The summed E-state index contributed by atoms with van der Waals surface area (Å²) in [6.07, 6.45) is 1.69. The van der Waals surface area contributed by atoms with Gasteiger partial charge in [0.25, 0.3) is 0 Å². The van der Waals surface area contributed by atoms with Crippen LogP contribution in [0.3, 0.4) is 0 Å². The first-order valence-electron chi connectivity index (χ1n) is 10.5. The van der Waals surface area contributed by atoms with Crippen molar-refractivity contribution in [2.24, 2.45) is 0 Å². The zero-order valence-electron chi connectivity index (χ0n) is 17.0. The maximum atomic E-state index is 13.0. The molecule has 3 aliphatic heterocycles. The van der Waals surface area contributed by atoms with Gasteiger partial charge in [-0.3, -0.25) is 9.69 Å². The molecule has 3 aliphatic rings. The van der Waals surface area contributed by atoms with E-state index in [9.17, 15) is 9.59 Å². The van der Waals surface area contributed by atoms with E-state index in [4.69, 9.17) is 14.2 Å². The molecule has 1 atom stereocenters. The van der Waals surface area contributed by atoms with Gasteiger partial charge < -0.3 is 24.0 Å². The number of hydrogen-bond acceptors (Lipinski definition) is 6. The molecule has 2 amide bonds.